The van der Waals surface area contributed by atoms with Gasteiger partial charge in [0.25, 0.3) is 5.91 Å². The molecule has 1 unspecified atom stereocenters. The number of nitrogens with one attached hydrogen (secondary N) is 2. The summed E-state index contributed by atoms with van der Waals surface area (Å²) in [7, 11) is 0. The van der Waals surface area contributed by atoms with Crippen molar-refractivity contribution in [2.75, 3.05) is 13.1 Å². The number of H-pyrrole nitrogens is 1. The number of hydrogen-bond donors (Lipinski definition) is 3. The Kier molecular flexibility index (Phi) is 4.02. The second-order valence-electron chi connectivity index (χ2n) is 4.75. The average molecular weight is 280 g/mol. The monoisotopic (exact) mass is 280 g/mol. The highest BCUT2D eigenvalue weighted by atomic mass is 16.4. The number of hydrogen-bond acceptors (Lipinski definition) is 4. The summed E-state index contributed by atoms with van der Waals surface area (Å²) in [5, 5.41) is 11.5. The van der Waals surface area contributed by atoms with Crippen LogP contribution in [0.3, 0.4) is 0 Å². The van der Waals surface area contributed by atoms with Gasteiger partial charge < -0.3 is 20.3 Å². The summed E-state index contributed by atoms with van der Waals surface area (Å²) in [5.41, 5.74) is -0.399. The Morgan fingerprint density at radius 1 is 1.60 bits per heavy atom. The van der Waals surface area contributed by atoms with Crippen LogP contribution in [0.25, 0.3) is 0 Å². The maximum Gasteiger partial charge on any atom is 0.354 e. The molecule has 0 radical (unpaired) electrons. The number of carbonyl (C=O) groups is 3. The molecular formula is C12H16N4O4. The molecule has 0 bridgehead atoms. The van der Waals surface area contributed by atoms with E-state index in [1.54, 1.807) is 11.8 Å². The molecule has 0 spiro atoms. The first-order valence-corrected chi connectivity index (χ1v) is 6.34. The third-order valence-corrected chi connectivity index (χ3v) is 3.11. The van der Waals surface area contributed by atoms with Crippen LogP contribution >= 0.6 is 0 Å². The molecule has 1 fully saturated rings. The molecule has 0 aromatic carbocycles. The molecule has 2 rings (SSSR count). The number of aromatic carboxylic acids is 1. The zero-order valence-corrected chi connectivity index (χ0v) is 11.0. The van der Waals surface area contributed by atoms with E-state index < -0.39 is 11.9 Å². The molecule has 2 heterocycles. The predicted octanol–water partition coefficient (Wildman–Crippen LogP) is -0.151. The van der Waals surface area contributed by atoms with Crippen molar-refractivity contribution < 1.29 is 19.5 Å². The molecule has 8 nitrogen and oxygen atoms in total. The molecular weight excluding hydrogens is 264 g/mol. The number of rotatable bonds is 5. The molecule has 0 aliphatic carbocycles. The van der Waals surface area contributed by atoms with Crippen molar-refractivity contribution in [3.8, 4) is 0 Å². The summed E-state index contributed by atoms with van der Waals surface area (Å²) in [6, 6.07) is -0.275. The molecule has 1 atom stereocenters. The molecule has 8 heteroatoms. The minimum atomic E-state index is -1.24. The third kappa shape index (κ3) is 2.95. The second-order valence-corrected chi connectivity index (χ2v) is 4.75. The molecule has 1 aliphatic rings. The fourth-order valence-electron chi connectivity index (χ4n) is 2.19. The van der Waals surface area contributed by atoms with E-state index in [0.717, 1.165) is 12.7 Å². The first kappa shape index (κ1) is 14.0. The fraction of sp³-hybridized carbons (Fsp3) is 0.500. The minimum absolute atomic E-state index is 0.0806. The van der Waals surface area contributed by atoms with Gasteiger partial charge in [-0.2, -0.15) is 0 Å². The van der Waals surface area contributed by atoms with Crippen LogP contribution in [0.4, 0.5) is 0 Å². The van der Waals surface area contributed by atoms with Gasteiger partial charge >= 0.3 is 5.97 Å². The van der Waals surface area contributed by atoms with Crippen LogP contribution in [0.2, 0.25) is 0 Å². The minimum Gasteiger partial charge on any atom is -0.477 e. The summed E-state index contributed by atoms with van der Waals surface area (Å²) in [6.07, 6.45) is 2.54. The van der Waals surface area contributed by atoms with E-state index in [1.165, 1.54) is 0 Å². The Balaban J connectivity index is 1.95. The number of aromatic nitrogens is 2. The average Bonchev–Trinajstić information content (AvgIpc) is 2.99. The van der Waals surface area contributed by atoms with Crippen LogP contribution in [0, 0.1) is 0 Å². The van der Waals surface area contributed by atoms with Crippen molar-refractivity contribution in [1.82, 2.24) is 20.2 Å². The first-order valence-electron chi connectivity index (χ1n) is 6.34. The predicted molar refractivity (Wildman–Crippen MR) is 68.3 cm³/mol. The Morgan fingerprint density at radius 2 is 2.35 bits per heavy atom. The molecule has 2 amide bonds. The van der Waals surface area contributed by atoms with Gasteiger partial charge in [-0.15, -0.1) is 0 Å². The lowest BCUT2D eigenvalue weighted by Gasteiger charge is -2.21. The van der Waals surface area contributed by atoms with Crippen LogP contribution < -0.4 is 5.32 Å². The normalized spacial score (nSPS) is 16.2. The van der Waals surface area contributed by atoms with Gasteiger partial charge in [-0.3, -0.25) is 9.59 Å². The third-order valence-electron chi connectivity index (χ3n) is 3.11. The van der Waals surface area contributed by atoms with E-state index in [9.17, 15) is 14.4 Å². The molecule has 108 valence electrons. The Labute approximate surface area is 115 Å². The molecule has 1 saturated heterocycles. The number of likely N-dealkylation sites (tertiary alicyclic amines) is 1. The van der Waals surface area contributed by atoms with Gasteiger partial charge in [-0.05, 0) is 13.3 Å². The fourth-order valence-corrected chi connectivity index (χ4v) is 2.19. The Hall–Kier alpha value is -2.38. The maximum atomic E-state index is 11.9. The molecule has 1 aromatic rings. The van der Waals surface area contributed by atoms with Crippen LogP contribution in [0.15, 0.2) is 6.33 Å². The number of carboxylic acid groups (broad SMARTS) is 1. The summed E-state index contributed by atoms with van der Waals surface area (Å²) in [4.78, 5) is 42.1. The van der Waals surface area contributed by atoms with Crippen molar-refractivity contribution >= 4 is 17.8 Å². The number of nitrogens with zero attached hydrogens (tertiary/aromatic N) is 2. The SMILES string of the molecule is CC(CN1CCCC1=O)NC(=O)c1nc[nH]c1C(=O)O. The standard InChI is InChI=1S/C12H16N4O4/c1-7(5-16-4-2-3-8(16)17)15-11(18)9-10(12(19)20)14-6-13-9/h6-7H,2-5H2,1H3,(H,13,14)(H,15,18)(H,19,20). The molecule has 1 aliphatic heterocycles. The van der Waals surface area contributed by atoms with Crippen molar-refractivity contribution in [3.63, 3.8) is 0 Å². The van der Waals surface area contributed by atoms with E-state index in [-0.39, 0.29) is 23.3 Å². The van der Waals surface area contributed by atoms with Crippen molar-refractivity contribution in [2.45, 2.75) is 25.8 Å². The zero-order chi connectivity index (χ0) is 14.7. The molecule has 20 heavy (non-hydrogen) atoms. The smallest absolute Gasteiger partial charge is 0.354 e. The van der Waals surface area contributed by atoms with Gasteiger partial charge in [0.05, 0.1) is 6.33 Å². The largest absolute Gasteiger partial charge is 0.477 e. The van der Waals surface area contributed by atoms with Gasteiger partial charge in [-0.1, -0.05) is 0 Å². The lowest BCUT2D eigenvalue weighted by atomic mass is 10.2. The number of carboxylic acids is 1. The Morgan fingerprint density at radius 3 is 2.95 bits per heavy atom. The molecule has 0 saturated carbocycles. The van der Waals surface area contributed by atoms with Crippen LogP contribution in [-0.2, 0) is 4.79 Å². The number of aromatic amines is 1. The van der Waals surface area contributed by atoms with Crippen LogP contribution in [0.1, 0.15) is 40.7 Å². The van der Waals surface area contributed by atoms with E-state index in [1.807, 2.05) is 0 Å². The lowest BCUT2D eigenvalue weighted by Crippen LogP contribution is -2.42. The van der Waals surface area contributed by atoms with Gasteiger partial charge in [0.15, 0.2) is 11.4 Å². The summed E-state index contributed by atoms with van der Waals surface area (Å²) < 4.78 is 0. The van der Waals surface area contributed by atoms with Gasteiger partial charge in [0.1, 0.15) is 0 Å². The van der Waals surface area contributed by atoms with E-state index in [4.69, 9.17) is 5.11 Å². The van der Waals surface area contributed by atoms with Crippen LogP contribution in [-0.4, -0.2) is 56.9 Å². The van der Waals surface area contributed by atoms with Crippen molar-refractivity contribution in [3.05, 3.63) is 17.7 Å². The first-order chi connectivity index (χ1) is 9.49. The van der Waals surface area contributed by atoms with E-state index in [0.29, 0.717) is 19.5 Å². The zero-order valence-electron chi connectivity index (χ0n) is 11.0. The Bertz CT molecular complexity index is 539. The van der Waals surface area contributed by atoms with E-state index >= 15 is 0 Å². The van der Waals surface area contributed by atoms with Crippen molar-refractivity contribution in [1.29, 1.82) is 0 Å². The maximum absolute atomic E-state index is 11.9. The summed E-state index contributed by atoms with van der Waals surface area (Å²) in [5.74, 6) is -1.73. The topological polar surface area (TPSA) is 115 Å². The van der Waals surface area contributed by atoms with Crippen LogP contribution in [0.5, 0.6) is 0 Å². The highest BCUT2D eigenvalue weighted by Crippen LogP contribution is 2.10. The molecule has 1 aromatic heterocycles. The summed E-state index contributed by atoms with van der Waals surface area (Å²) >= 11 is 0. The lowest BCUT2D eigenvalue weighted by molar-refractivity contribution is -0.127. The number of imidazole rings is 1. The van der Waals surface area contributed by atoms with Crippen molar-refractivity contribution in [2.24, 2.45) is 0 Å². The molecule has 3 N–H and O–H groups in total. The number of amides is 2. The summed E-state index contributed by atoms with van der Waals surface area (Å²) in [6.45, 7) is 2.87. The van der Waals surface area contributed by atoms with E-state index in [2.05, 4.69) is 15.3 Å². The van der Waals surface area contributed by atoms with Gasteiger partial charge in [-0.25, -0.2) is 9.78 Å². The quantitative estimate of drug-likeness (QED) is 0.693. The van der Waals surface area contributed by atoms with Gasteiger partial charge in [0, 0.05) is 25.6 Å². The second kappa shape index (κ2) is 5.72. The van der Waals surface area contributed by atoms with Gasteiger partial charge in [0.2, 0.25) is 5.91 Å². The number of carbonyl (C=O) groups excluding carboxylic acids is 2. The highest BCUT2D eigenvalue weighted by Gasteiger charge is 2.24. The highest BCUT2D eigenvalue weighted by molar-refractivity contribution is 6.02.